The predicted octanol–water partition coefficient (Wildman–Crippen LogP) is 1.01. The van der Waals surface area contributed by atoms with Crippen LogP contribution in [-0.2, 0) is 9.47 Å². The number of hydrogen-bond donors (Lipinski definition) is 3. The minimum Gasteiger partial charge on any atom is -0.397 e. The van der Waals surface area contributed by atoms with Crippen LogP contribution in [0.15, 0.2) is 24.4 Å². The van der Waals surface area contributed by atoms with Crippen molar-refractivity contribution >= 4 is 17.1 Å². The van der Waals surface area contributed by atoms with Crippen LogP contribution in [0.3, 0.4) is 0 Å². The number of ether oxygens (including phenoxy) is 2. The second-order valence-corrected chi connectivity index (χ2v) is 8.61. The number of benzene rings is 1. The quantitative estimate of drug-likeness (QED) is 0.438. The average Bonchev–Trinajstić information content (AvgIpc) is 2.66. The highest BCUT2D eigenvalue weighted by molar-refractivity contribution is 5.78. The van der Waals surface area contributed by atoms with E-state index < -0.39 is 25.4 Å². The van der Waals surface area contributed by atoms with Crippen molar-refractivity contribution in [1.29, 1.82) is 0 Å². The van der Waals surface area contributed by atoms with Crippen LogP contribution in [0.25, 0.3) is 5.70 Å². The fourth-order valence-electron chi connectivity index (χ4n) is 3.59. The van der Waals surface area contributed by atoms with E-state index in [1.54, 1.807) is 0 Å². The molecule has 8 nitrogen and oxygen atoms in total. The fraction of sp³-hybridized carbons (Fsp3) is 0.600. The first-order valence-electron chi connectivity index (χ1n) is 9.79. The number of nitrogens with zero attached hydrogens (tertiary/aromatic N) is 3. The van der Waals surface area contributed by atoms with Crippen LogP contribution < -0.4 is 21.4 Å². The standard InChI is InChI=1S/C20H31F2N5O3/c1-19(11-28)9-26(10-19)14-4-5-15(17(6-14)25(2)3)16(23)7-27(24)8-18-29-12-20(21,22)13-30-18/h4-7,18,28H,8-13,23-24H2,1-3H3/b16-7-. The molecule has 168 valence electrons. The van der Waals surface area contributed by atoms with E-state index in [2.05, 4.69) is 11.8 Å². The number of aliphatic hydroxyl groups is 1. The number of hydrazine groups is 1. The van der Waals surface area contributed by atoms with Gasteiger partial charge < -0.3 is 35.1 Å². The molecule has 0 unspecified atom stereocenters. The molecule has 3 rings (SSSR count). The van der Waals surface area contributed by atoms with Crippen LogP contribution in [0, 0.1) is 5.41 Å². The van der Waals surface area contributed by atoms with Crippen LogP contribution in [0.5, 0.6) is 0 Å². The second-order valence-electron chi connectivity index (χ2n) is 8.61. The first kappa shape index (κ1) is 22.5. The van der Waals surface area contributed by atoms with Gasteiger partial charge in [0, 0.05) is 55.7 Å². The summed E-state index contributed by atoms with van der Waals surface area (Å²) >= 11 is 0. The first-order valence-corrected chi connectivity index (χ1v) is 9.79. The highest BCUT2D eigenvalue weighted by atomic mass is 19.3. The second kappa shape index (κ2) is 8.54. The molecule has 0 bridgehead atoms. The first-order chi connectivity index (χ1) is 14.0. The summed E-state index contributed by atoms with van der Waals surface area (Å²) in [7, 11) is 3.85. The molecule has 0 aliphatic carbocycles. The van der Waals surface area contributed by atoms with Crippen molar-refractivity contribution in [3.63, 3.8) is 0 Å². The Kier molecular flexibility index (Phi) is 6.42. The minimum atomic E-state index is -2.97. The van der Waals surface area contributed by atoms with E-state index >= 15 is 0 Å². The molecule has 2 saturated heterocycles. The summed E-state index contributed by atoms with van der Waals surface area (Å²) in [5.41, 5.74) is 9.41. The monoisotopic (exact) mass is 427 g/mol. The lowest BCUT2D eigenvalue weighted by molar-refractivity contribution is -0.269. The molecule has 0 aromatic heterocycles. The molecule has 2 aliphatic rings. The number of hydrogen-bond acceptors (Lipinski definition) is 8. The van der Waals surface area contributed by atoms with Gasteiger partial charge in [0.1, 0.15) is 13.2 Å². The van der Waals surface area contributed by atoms with E-state index in [-0.39, 0.29) is 18.6 Å². The van der Waals surface area contributed by atoms with Crippen LogP contribution in [0.4, 0.5) is 20.2 Å². The molecule has 5 N–H and O–H groups in total. The number of anilines is 2. The molecule has 10 heteroatoms. The van der Waals surface area contributed by atoms with Crippen molar-refractivity contribution in [1.82, 2.24) is 5.01 Å². The Labute approximate surface area is 175 Å². The van der Waals surface area contributed by atoms with Crippen molar-refractivity contribution in [3.8, 4) is 0 Å². The summed E-state index contributed by atoms with van der Waals surface area (Å²) in [5.74, 6) is 3.00. The van der Waals surface area contributed by atoms with Crippen LogP contribution in [0.2, 0.25) is 0 Å². The SMILES string of the molecule is CN(C)c1cc(N2CC(C)(CO)C2)ccc1/C(N)=C/N(N)CC1OCC(F)(F)CO1. The molecule has 2 fully saturated rings. The Hall–Kier alpha value is -2.14. The van der Waals surface area contributed by atoms with E-state index in [0.717, 1.165) is 30.0 Å². The third kappa shape index (κ3) is 5.12. The fourth-order valence-corrected chi connectivity index (χ4v) is 3.59. The molecule has 30 heavy (non-hydrogen) atoms. The van der Waals surface area contributed by atoms with Crippen molar-refractivity contribution in [3.05, 3.63) is 30.0 Å². The van der Waals surface area contributed by atoms with E-state index in [0.29, 0.717) is 5.70 Å². The molecule has 2 heterocycles. The summed E-state index contributed by atoms with van der Waals surface area (Å²) < 4.78 is 36.2. The van der Waals surface area contributed by atoms with E-state index in [9.17, 15) is 13.9 Å². The number of rotatable bonds is 7. The smallest absolute Gasteiger partial charge is 0.293 e. The lowest BCUT2D eigenvalue weighted by Crippen LogP contribution is -2.56. The molecule has 0 saturated carbocycles. The molecular weight excluding hydrogens is 396 g/mol. The van der Waals surface area contributed by atoms with Gasteiger partial charge >= 0.3 is 0 Å². The van der Waals surface area contributed by atoms with Gasteiger partial charge in [0.15, 0.2) is 6.29 Å². The summed E-state index contributed by atoms with van der Waals surface area (Å²) in [6.07, 6.45) is 0.690. The minimum absolute atomic E-state index is 0.0663. The zero-order valence-corrected chi connectivity index (χ0v) is 17.6. The maximum atomic E-state index is 13.1. The van der Waals surface area contributed by atoms with E-state index in [1.807, 2.05) is 37.2 Å². The van der Waals surface area contributed by atoms with Gasteiger partial charge in [-0.25, -0.2) is 14.6 Å². The molecule has 1 aromatic rings. The largest absolute Gasteiger partial charge is 0.397 e. The third-order valence-electron chi connectivity index (χ3n) is 5.29. The maximum absolute atomic E-state index is 13.1. The summed E-state index contributed by atoms with van der Waals surface area (Å²) in [6, 6.07) is 5.95. The number of alkyl halides is 2. The Bertz CT molecular complexity index is 774. The molecule has 0 spiro atoms. The van der Waals surface area contributed by atoms with Gasteiger partial charge in [-0.1, -0.05) is 6.92 Å². The Balaban J connectivity index is 1.69. The van der Waals surface area contributed by atoms with Gasteiger partial charge in [0.2, 0.25) is 0 Å². The number of nitrogens with two attached hydrogens (primary N) is 2. The molecule has 1 aromatic carbocycles. The van der Waals surface area contributed by atoms with Crippen molar-refractivity contribution < 1.29 is 23.4 Å². The average molecular weight is 427 g/mol. The van der Waals surface area contributed by atoms with Gasteiger partial charge in [0.05, 0.1) is 18.8 Å². The van der Waals surface area contributed by atoms with Crippen LogP contribution >= 0.6 is 0 Å². The highest BCUT2D eigenvalue weighted by Gasteiger charge is 2.38. The van der Waals surface area contributed by atoms with Crippen molar-refractivity contribution in [2.75, 3.05) is 63.4 Å². The lowest BCUT2D eigenvalue weighted by Gasteiger charge is -2.48. The molecule has 0 atom stereocenters. The van der Waals surface area contributed by atoms with E-state index in [1.165, 1.54) is 11.2 Å². The van der Waals surface area contributed by atoms with Gasteiger partial charge in [-0.05, 0) is 18.2 Å². The van der Waals surface area contributed by atoms with Gasteiger partial charge in [-0.2, -0.15) is 0 Å². The summed E-state index contributed by atoms with van der Waals surface area (Å²) in [4.78, 5) is 4.16. The molecule has 0 amide bonds. The van der Waals surface area contributed by atoms with Crippen LogP contribution in [0.1, 0.15) is 12.5 Å². The van der Waals surface area contributed by atoms with E-state index in [4.69, 9.17) is 21.1 Å². The molecule has 2 aliphatic heterocycles. The van der Waals surface area contributed by atoms with Crippen LogP contribution in [-0.4, -0.2) is 75.9 Å². The summed E-state index contributed by atoms with van der Waals surface area (Å²) in [6.45, 7) is 2.49. The predicted molar refractivity (Wildman–Crippen MR) is 112 cm³/mol. The Morgan fingerprint density at radius 1 is 1.30 bits per heavy atom. The molecular formula is C20H31F2N5O3. The number of halogens is 2. The zero-order valence-electron chi connectivity index (χ0n) is 17.6. The van der Waals surface area contributed by atoms with Gasteiger partial charge in [-0.3, -0.25) is 0 Å². The number of aliphatic hydroxyl groups excluding tert-OH is 1. The lowest BCUT2D eigenvalue weighted by atomic mass is 9.82. The maximum Gasteiger partial charge on any atom is 0.293 e. The summed E-state index contributed by atoms with van der Waals surface area (Å²) in [5, 5.41) is 10.7. The topological polar surface area (TPSA) is 100 Å². The molecule has 0 radical (unpaired) electrons. The van der Waals surface area contributed by atoms with Gasteiger partial charge in [-0.15, -0.1) is 0 Å². The van der Waals surface area contributed by atoms with Crippen molar-refractivity contribution in [2.24, 2.45) is 17.0 Å². The Morgan fingerprint density at radius 3 is 2.50 bits per heavy atom. The normalized spacial score (nSPS) is 21.3. The third-order valence-corrected chi connectivity index (χ3v) is 5.29. The van der Waals surface area contributed by atoms with Gasteiger partial charge in [0.25, 0.3) is 5.92 Å². The zero-order chi connectivity index (χ0) is 22.1. The highest BCUT2D eigenvalue weighted by Crippen LogP contribution is 2.36. The Morgan fingerprint density at radius 2 is 1.93 bits per heavy atom. The van der Waals surface area contributed by atoms with Crippen molar-refractivity contribution in [2.45, 2.75) is 19.1 Å².